The van der Waals surface area contributed by atoms with E-state index in [1.54, 1.807) is 7.05 Å². The van der Waals surface area contributed by atoms with Crippen molar-refractivity contribution in [2.45, 2.75) is 37.8 Å². The quantitative estimate of drug-likeness (QED) is 0.710. The number of halogens is 2. The predicted octanol–water partition coefficient (Wildman–Crippen LogP) is 1.32. The number of piperidine rings is 1. The van der Waals surface area contributed by atoms with Crippen molar-refractivity contribution in [3.8, 4) is 0 Å². The molecule has 1 rings (SSSR count). The summed E-state index contributed by atoms with van der Waals surface area (Å²) in [5.41, 5.74) is -0.952. The first-order valence-electron chi connectivity index (χ1n) is 4.69. The van der Waals surface area contributed by atoms with Crippen molar-refractivity contribution in [3.63, 3.8) is 0 Å². The lowest BCUT2D eigenvalue weighted by Crippen LogP contribution is -2.58. The first-order chi connectivity index (χ1) is 6.02. The Morgan fingerprint density at radius 2 is 2.15 bits per heavy atom. The van der Waals surface area contributed by atoms with Crippen LogP contribution in [0.5, 0.6) is 0 Å². The largest absolute Gasteiger partial charge is 0.309 e. The van der Waals surface area contributed by atoms with Crippen molar-refractivity contribution >= 4 is 0 Å². The van der Waals surface area contributed by atoms with Crippen LogP contribution in [0.15, 0.2) is 0 Å². The average molecular weight is 192 g/mol. The van der Waals surface area contributed by atoms with E-state index in [1.807, 2.05) is 14.0 Å². The van der Waals surface area contributed by atoms with Crippen LogP contribution in [0.1, 0.15) is 19.8 Å². The first-order valence-corrected chi connectivity index (χ1v) is 4.69. The molecule has 1 fully saturated rings. The molecule has 1 N–H and O–H groups in total. The fraction of sp³-hybridized carbons (Fsp3) is 1.00. The van der Waals surface area contributed by atoms with Gasteiger partial charge in [0, 0.05) is 12.6 Å². The van der Waals surface area contributed by atoms with Gasteiger partial charge in [-0.3, -0.25) is 0 Å². The van der Waals surface area contributed by atoms with Crippen LogP contribution in [0, 0.1) is 0 Å². The molecule has 78 valence electrons. The molecule has 0 aromatic rings. The third-order valence-corrected chi connectivity index (χ3v) is 3.24. The molecule has 0 amide bonds. The highest BCUT2D eigenvalue weighted by Gasteiger charge is 2.43. The average Bonchev–Trinajstić information content (AvgIpc) is 2.09. The van der Waals surface area contributed by atoms with Crippen LogP contribution < -0.4 is 5.32 Å². The molecule has 0 aliphatic carbocycles. The van der Waals surface area contributed by atoms with Crippen LogP contribution in [0.4, 0.5) is 8.78 Å². The molecule has 13 heavy (non-hydrogen) atoms. The molecule has 0 aromatic heterocycles. The molecule has 4 heteroatoms. The van der Waals surface area contributed by atoms with Crippen LogP contribution in [-0.4, -0.2) is 43.5 Å². The van der Waals surface area contributed by atoms with E-state index < -0.39 is 12.0 Å². The van der Waals surface area contributed by atoms with Gasteiger partial charge in [-0.2, -0.15) is 0 Å². The highest BCUT2D eigenvalue weighted by atomic mass is 19.3. The number of hydrogen-bond acceptors (Lipinski definition) is 2. The maximum absolute atomic E-state index is 12.8. The Balaban J connectivity index is 2.69. The normalized spacial score (nSPS) is 36.9. The number of nitrogens with zero attached hydrogens (tertiary/aromatic N) is 1. The third kappa shape index (κ3) is 1.99. The molecule has 2 nitrogen and oxygen atoms in total. The molecule has 2 unspecified atom stereocenters. The zero-order chi connectivity index (χ0) is 10.1. The van der Waals surface area contributed by atoms with E-state index in [2.05, 4.69) is 10.2 Å². The Kier molecular flexibility index (Phi) is 3.24. The Hall–Kier alpha value is -0.220. The van der Waals surface area contributed by atoms with Crippen molar-refractivity contribution in [2.75, 3.05) is 20.6 Å². The molecule has 0 saturated carbocycles. The van der Waals surface area contributed by atoms with E-state index in [0.717, 1.165) is 6.54 Å². The van der Waals surface area contributed by atoms with Crippen molar-refractivity contribution in [1.82, 2.24) is 10.2 Å². The second kappa shape index (κ2) is 3.88. The molecule has 2 atom stereocenters. The molecule has 1 aliphatic rings. The van der Waals surface area contributed by atoms with Gasteiger partial charge in [-0.25, -0.2) is 8.78 Å². The molecule has 1 aliphatic heterocycles. The van der Waals surface area contributed by atoms with Crippen LogP contribution in [0.2, 0.25) is 0 Å². The van der Waals surface area contributed by atoms with Crippen LogP contribution >= 0.6 is 0 Å². The summed E-state index contributed by atoms with van der Waals surface area (Å²) in [6.07, 6.45) is -1.21. The SMILES string of the molecule is CNC1(C(F)F)CCN(C)C(C)C1. The monoisotopic (exact) mass is 192 g/mol. The van der Waals surface area contributed by atoms with E-state index in [-0.39, 0.29) is 6.04 Å². The summed E-state index contributed by atoms with van der Waals surface area (Å²) < 4.78 is 25.6. The zero-order valence-electron chi connectivity index (χ0n) is 8.48. The number of likely N-dealkylation sites (tertiary alicyclic amines) is 1. The van der Waals surface area contributed by atoms with Gasteiger partial charge in [0.25, 0.3) is 6.43 Å². The summed E-state index contributed by atoms with van der Waals surface area (Å²) in [7, 11) is 3.61. The summed E-state index contributed by atoms with van der Waals surface area (Å²) in [5, 5.41) is 2.79. The molecule has 1 saturated heterocycles. The van der Waals surface area contributed by atoms with E-state index in [9.17, 15) is 8.78 Å². The highest BCUT2D eigenvalue weighted by molar-refractivity contribution is 4.96. The van der Waals surface area contributed by atoms with Crippen LogP contribution in [-0.2, 0) is 0 Å². The maximum Gasteiger partial charge on any atom is 0.256 e. The van der Waals surface area contributed by atoms with Gasteiger partial charge >= 0.3 is 0 Å². The minimum Gasteiger partial charge on any atom is -0.309 e. The summed E-state index contributed by atoms with van der Waals surface area (Å²) >= 11 is 0. The van der Waals surface area contributed by atoms with E-state index in [0.29, 0.717) is 12.8 Å². The van der Waals surface area contributed by atoms with Crippen LogP contribution in [0.3, 0.4) is 0 Å². The van der Waals surface area contributed by atoms with Gasteiger partial charge in [-0.1, -0.05) is 0 Å². The second-order valence-electron chi connectivity index (χ2n) is 3.99. The topological polar surface area (TPSA) is 15.3 Å². The fourth-order valence-electron chi connectivity index (χ4n) is 1.92. The van der Waals surface area contributed by atoms with Gasteiger partial charge in [-0.15, -0.1) is 0 Å². The van der Waals surface area contributed by atoms with Gasteiger partial charge in [0.15, 0.2) is 0 Å². The van der Waals surface area contributed by atoms with Gasteiger partial charge in [0.2, 0.25) is 0 Å². The molecular formula is C9H18F2N2. The van der Waals surface area contributed by atoms with Crippen molar-refractivity contribution in [3.05, 3.63) is 0 Å². The van der Waals surface area contributed by atoms with E-state index in [1.165, 1.54) is 0 Å². The zero-order valence-corrected chi connectivity index (χ0v) is 8.48. The standard InChI is InChI=1S/C9H18F2N2/c1-7-6-9(12-2,8(10)11)4-5-13(7)3/h7-8,12H,4-6H2,1-3H3. The summed E-state index contributed by atoms with van der Waals surface area (Å²) in [5.74, 6) is 0. The highest BCUT2D eigenvalue weighted by Crippen LogP contribution is 2.30. The van der Waals surface area contributed by atoms with Crippen molar-refractivity contribution in [1.29, 1.82) is 0 Å². The Bertz CT molecular complexity index is 175. The van der Waals surface area contributed by atoms with E-state index in [4.69, 9.17) is 0 Å². The summed E-state index contributed by atoms with van der Waals surface area (Å²) in [6.45, 7) is 2.74. The lowest BCUT2D eigenvalue weighted by atomic mass is 9.84. The minimum atomic E-state index is -2.27. The Labute approximate surface area is 78.3 Å². The summed E-state index contributed by atoms with van der Waals surface area (Å²) in [4.78, 5) is 2.12. The van der Waals surface area contributed by atoms with Crippen molar-refractivity contribution < 1.29 is 8.78 Å². The smallest absolute Gasteiger partial charge is 0.256 e. The first kappa shape index (κ1) is 10.9. The lowest BCUT2D eigenvalue weighted by Gasteiger charge is -2.43. The predicted molar refractivity (Wildman–Crippen MR) is 49.1 cm³/mol. The van der Waals surface area contributed by atoms with Gasteiger partial charge < -0.3 is 10.2 Å². The fourth-order valence-corrected chi connectivity index (χ4v) is 1.92. The minimum absolute atomic E-state index is 0.232. The van der Waals surface area contributed by atoms with E-state index >= 15 is 0 Å². The van der Waals surface area contributed by atoms with Gasteiger partial charge in [0.05, 0.1) is 5.54 Å². The van der Waals surface area contributed by atoms with Crippen molar-refractivity contribution in [2.24, 2.45) is 0 Å². The molecule has 0 radical (unpaired) electrons. The molecule has 0 aromatic carbocycles. The Morgan fingerprint density at radius 3 is 2.54 bits per heavy atom. The number of rotatable bonds is 2. The molecule has 1 heterocycles. The number of alkyl halides is 2. The summed E-state index contributed by atoms with van der Waals surface area (Å²) in [6, 6.07) is 0.232. The van der Waals surface area contributed by atoms with Gasteiger partial charge in [0.1, 0.15) is 0 Å². The van der Waals surface area contributed by atoms with Gasteiger partial charge in [-0.05, 0) is 33.9 Å². The third-order valence-electron chi connectivity index (χ3n) is 3.24. The molecule has 0 spiro atoms. The lowest BCUT2D eigenvalue weighted by molar-refractivity contribution is -0.0182. The number of nitrogens with one attached hydrogen (secondary N) is 1. The molecule has 0 bridgehead atoms. The second-order valence-corrected chi connectivity index (χ2v) is 3.99. The van der Waals surface area contributed by atoms with Crippen LogP contribution in [0.25, 0.3) is 0 Å². The number of hydrogen-bond donors (Lipinski definition) is 1. The Morgan fingerprint density at radius 1 is 1.54 bits per heavy atom. The molecular weight excluding hydrogens is 174 g/mol. The maximum atomic E-state index is 12.8.